The van der Waals surface area contributed by atoms with Gasteiger partial charge in [0.05, 0.1) is 0 Å². The van der Waals surface area contributed by atoms with E-state index in [9.17, 15) is 10.2 Å². The molecule has 1 aromatic carbocycles. The Kier molecular flexibility index (Phi) is 11.9. The molecule has 0 aromatic heterocycles. The first-order chi connectivity index (χ1) is 10.9. The molecule has 0 saturated carbocycles. The molecular formula is C21H32AuO2. The zero-order valence-electron chi connectivity index (χ0n) is 15.5. The van der Waals surface area contributed by atoms with Gasteiger partial charge in [-0.15, -0.1) is 0 Å². The fraction of sp³-hybridized carbons (Fsp3) is 0.524. The monoisotopic (exact) mass is 513 g/mol. The van der Waals surface area contributed by atoms with Crippen molar-refractivity contribution in [1.82, 2.24) is 0 Å². The number of unbranched alkanes of at least 4 members (excludes halogenated alkanes) is 2. The molecule has 0 saturated heterocycles. The van der Waals surface area contributed by atoms with Crippen molar-refractivity contribution in [3.8, 4) is 11.5 Å². The average Bonchev–Trinajstić information content (AvgIpc) is 2.46. The predicted molar refractivity (Wildman–Crippen MR) is 99.1 cm³/mol. The van der Waals surface area contributed by atoms with E-state index in [1.165, 1.54) is 24.0 Å². The molecule has 0 heterocycles. The van der Waals surface area contributed by atoms with Gasteiger partial charge in [0, 0.05) is 27.9 Å². The van der Waals surface area contributed by atoms with Gasteiger partial charge in [-0.1, -0.05) is 43.1 Å². The van der Waals surface area contributed by atoms with Crippen LogP contribution in [0.1, 0.15) is 70.9 Å². The van der Waals surface area contributed by atoms with Gasteiger partial charge in [0.1, 0.15) is 11.5 Å². The number of hydrogen-bond acceptors (Lipinski definition) is 2. The number of rotatable bonds is 9. The molecule has 3 heteroatoms. The van der Waals surface area contributed by atoms with Crippen molar-refractivity contribution in [2.24, 2.45) is 0 Å². The second-order valence-corrected chi connectivity index (χ2v) is 6.64. The van der Waals surface area contributed by atoms with E-state index < -0.39 is 0 Å². The van der Waals surface area contributed by atoms with E-state index in [1.807, 2.05) is 0 Å². The van der Waals surface area contributed by atoms with Crippen LogP contribution in [0.4, 0.5) is 0 Å². The molecule has 0 aliphatic heterocycles. The van der Waals surface area contributed by atoms with E-state index in [1.54, 1.807) is 12.1 Å². The van der Waals surface area contributed by atoms with Gasteiger partial charge in [0.2, 0.25) is 0 Å². The summed E-state index contributed by atoms with van der Waals surface area (Å²) in [7, 11) is 0. The van der Waals surface area contributed by atoms with Gasteiger partial charge in [0.15, 0.2) is 0 Å². The van der Waals surface area contributed by atoms with Crippen molar-refractivity contribution >= 4 is 0 Å². The topological polar surface area (TPSA) is 40.5 Å². The third-order valence-electron chi connectivity index (χ3n) is 4.08. The van der Waals surface area contributed by atoms with Crippen molar-refractivity contribution in [1.29, 1.82) is 0 Å². The van der Waals surface area contributed by atoms with Crippen LogP contribution in [-0.2, 0) is 35.2 Å². The van der Waals surface area contributed by atoms with Gasteiger partial charge in [0.25, 0.3) is 0 Å². The summed E-state index contributed by atoms with van der Waals surface area (Å²) < 4.78 is 0. The summed E-state index contributed by atoms with van der Waals surface area (Å²) in [6, 6.07) is 3.61. The maximum atomic E-state index is 10.2. The quantitative estimate of drug-likeness (QED) is 0.239. The normalized spacial score (nSPS) is 11.1. The Bertz CT molecular complexity index is 532. The molecule has 0 unspecified atom stereocenters. The number of allylic oxidation sites excluding steroid dienone is 4. The van der Waals surface area contributed by atoms with E-state index in [0.717, 1.165) is 31.2 Å². The Hall–Kier alpha value is -0.960. The molecule has 1 aromatic rings. The molecule has 0 aliphatic rings. The van der Waals surface area contributed by atoms with Gasteiger partial charge < -0.3 is 10.2 Å². The fourth-order valence-electron chi connectivity index (χ4n) is 2.60. The van der Waals surface area contributed by atoms with Crippen LogP contribution in [-0.4, -0.2) is 10.2 Å². The molecule has 0 amide bonds. The summed E-state index contributed by atoms with van der Waals surface area (Å²) in [5, 5.41) is 20.4. The summed E-state index contributed by atoms with van der Waals surface area (Å²) in [6.45, 7) is 8.49. The maximum Gasteiger partial charge on any atom is 0.123 e. The summed E-state index contributed by atoms with van der Waals surface area (Å²) >= 11 is 0. The maximum absolute atomic E-state index is 10.2. The molecule has 24 heavy (non-hydrogen) atoms. The molecule has 2 N–H and O–H groups in total. The number of benzene rings is 1. The Labute approximate surface area is 163 Å². The van der Waals surface area contributed by atoms with Crippen LogP contribution in [0.3, 0.4) is 0 Å². The van der Waals surface area contributed by atoms with Crippen molar-refractivity contribution in [3.63, 3.8) is 0 Å². The second-order valence-electron chi connectivity index (χ2n) is 6.64. The first-order valence-corrected chi connectivity index (χ1v) is 8.76. The van der Waals surface area contributed by atoms with Crippen molar-refractivity contribution in [3.05, 3.63) is 46.6 Å². The van der Waals surface area contributed by atoms with Gasteiger partial charge in [-0.05, 0) is 70.6 Å². The molecular weight excluding hydrogens is 481 g/mol. The Morgan fingerprint density at radius 2 is 1.62 bits per heavy atom. The minimum atomic E-state index is 0. The van der Waals surface area contributed by atoms with Gasteiger partial charge in [-0.2, -0.15) is 0 Å². The molecule has 0 fully saturated rings. The second kappa shape index (κ2) is 12.4. The molecule has 0 atom stereocenters. The van der Waals surface area contributed by atoms with Gasteiger partial charge in [-0.3, -0.25) is 0 Å². The summed E-state index contributed by atoms with van der Waals surface area (Å²) in [4.78, 5) is 0. The van der Waals surface area contributed by atoms with Gasteiger partial charge in [-0.25, -0.2) is 0 Å². The van der Waals surface area contributed by atoms with Crippen LogP contribution >= 0.6 is 0 Å². The minimum Gasteiger partial charge on any atom is -0.508 e. The van der Waals surface area contributed by atoms with Crippen molar-refractivity contribution in [2.45, 2.75) is 72.6 Å². The average molecular weight is 513 g/mol. The van der Waals surface area contributed by atoms with Crippen LogP contribution in [0, 0.1) is 0 Å². The van der Waals surface area contributed by atoms with Gasteiger partial charge >= 0.3 is 0 Å². The predicted octanol–water partition coefficient (Wildman–Crippen LogP) is 6.06. The first kappa shape index (κ1) is 23.0. The van der Waals surface area contributed by atoms with E-state index in [4.69, 9.17) is 0 Å². The van der Waals surface area contributed by atoms with Crippen molar-refractivity contribution in [2.75, 3.05) is 0 Å². The van der Waals surface area contributed by atoms with Crippen LogP contribution in [0.25, 0.3) is 0 Å². The molecule has 0 bridgehead atoms. The third-order valence-corrected chi connectivity index (χ3v) is 4.08. The zero-order valence-corrected chi connectivity index (χ0v) is 17.6. The largest absolute Gasteiger partial charge is 0.508 e. The molecule has 0 aliphatic carbocycles. The van der Waals surface area contributed by atoms with E-state index in [-0.39, 0.29) is 33.9 Å². The molecule has 1 rings (SSSR count). The van der Waals surface area contributed by atoms with Crippen LogP contribution in [0.5, 0.6) is 11.5 Å². The van der Waals surface area contributed by atoms with E-state index in [2.05, 4.69) is 39.8 Å². The Balaban J connectivity index is 0.00000529. The smallest absolute Gasteiger partial charge is 0.123 e. The SMILES string of the molecule is CCCCCc1cc(O)c(C/C=C(\C)CCC=C(C)C)c(O)c1.[Au]. The van der Waals surface area contributed by atoms with E-state index >= 15 is 0 Å². The standard InChI is InChI=1S/C21H32O2.Au/c1-5-6-7-11-18-14-20(22)19(21(23)15-18)13-12-17(4)10-8-9-16(2)3;/h9,12,14-15,22-23H,5-8,10-11,13H2,1-4H3;/b17-12+;. The summed E-state index contributed by atoms with van der Waals surface area (Å²) in [6.07, 6.45) is 11.3. The number of phenolic OH excluding ortho intramolecular Hbond substituents is 2. The Morgan fingerprint density at radius 1 is 1.00 bits per heavy atom. The number of hydrogen-bond donors (Lipinski definition) is 2. The molecule has 2 nitrogen and oxygen atoms in total. The van der Waals surface area contributed by atoms with Crippen LogP contribution in [0.15, 0.2) is 35.4 Å². The summed E-state index contributed by atoms with van der Waals surface area (Å²) in [5.41, 5.74) is 4.27. The molecule has 0 spiro atoms. The van der Waals surface area contributed by atoms with E-state index in [0.29, 0.717) is 12.0 Å². The number of phenols is 2. The number of aromatic hydroxyl groups is 2. The Morgan fingerprint density at radius 3 is 2.17 bits per heavy atom. The molecule has 1 radical (unpaired) electrons. The fourth-order valence-corrected chi connectivity index (χ4v) is 2.60. The number of aryl methyl sites for hydroxylation is 1. The third kappa shape index (κ3) is 8.77. The summed E-state index contributed by atoms with van der Waals surface area (Å²) in [5.74, 6) is 0.426. The van der Waals surface area contributed by atoms with Crippen molar-refractivity contribution < 1.29 is 32.6 Å². The van der Waals surface area contributed by atoms with Crippen LogP contribution < -0.4 is 0 Å². The zero-order chi connectivity index (χ0) is 17.2. The van der Waals surface area contributed by atoms with Crippen LogP contribution in [0.2, 0.25) is 0 Å². The minimum absolute atomic E-state index is 0. The molecule has 139 valence electrons. The first-order valence-electron chi connectivity index (χ1n) is 8.76.